The lowest BCUT2D eigenvalue weighted by Crippen LogP contribution is -2.41. The highest BCUT2D eigenvalue weighted by molar-refractivity contribution is 5.96. The predicted molar refractivity (Wildman–Crippen MR) is 106 cm³/mol. The van der Waals surface area contributed by atoms with Crippen molar-refractivity contribution >= 4 is 28.7 Å². The van der Waals surface area contributed by atoms with Crippen LogP contribution in [0.2, 0.25) is 0 Å². The molecule has 0 bridgehead atoms. The molecule has 2 atom stereocenters. The normalized spacial score (nSPS) is 19.1. The van der Waals surface area contributed by atoms with Gasteiger partial charge in [0.15, 0.2) is 5.76 Å². The van der Waals surface area contributed by atoms with E-state index in [4.69, 9.17) is 9.15 Å². The third-order valence-corrected chi connectivity index (χ3v) is 4.90. The minimum absolute atomic E-state index is 0.0519. The van der Waals surface area contributed by atoms with E-state index in [0.29, 0.717) is 23.5 Å². The first-order valence-electron chi connectivity index (χ1n) is 9.49. The number of benzene rings is 2. The van der Waals surface area contributed by atoms with Crippen molar-refractivity contribution in [3.63, 3.8) is 0 Å². The van der Waals surface area contributed by atoms with Gasteiger partial charge in [0.1, 0.15) is 11.7 Å². The smallest absolute Gasteiger partial charge is 0.411 e. The van der Waals surface area contributed by atoms with Gasteiger partial charge in [0, 0.05) is 23.5 Å². The highest BCUT2D eigenvalue weighted by Crippen LogP contribution is 2.23. The highest BCUT2D eigenvalue weighted by Gasteiger charge is 2.27. The van der Waals surface area contributed by atoms with Crippen molar-refractivity contribution in [2.24, 2.45) is 0 Å². The van der Waals surface area contributed by atoms with E-state index in [1.165, 1.54) is 0 Å². The molecule has 1 aliphatic carbocycles. The Bertz CT molecular complexity index is 934. The molecule has 2 amide bonds. The summed E-state index contributed by atoms with van der Waals surface area (Å²) in [5.41, 5.74) is 1.38. The quantitative estimate of drug-likeness (QED) is 0.688. The van der Waals surface area contributed by atoms with Crippen LogP contribution in [0, 0.1) is 0 Å². The van der Waals surface area contributed by atoms with Crippen LogP contribution < -0.4 is 10.6 Å². The summed E-state index contributed by atoms with van der Waals surface area (Å²) in [5, 5.41) is 6.62. The van der Waals surface area contributed by atoms with Crippen LogP contribution in [-0.4, -0.2) is 24.1 Å². The maximum atomic E-state index is 12.5. The average Bonchev–Trinajstić information content (AvgIpc) is 3.13. The van der Waals surface area contributed by atoms with Crippen LogP contribution in [0.5, 0.6) is 0 Å². The molecule has 1 heterocycles. The second-order valence-corrected chi connectivity index (χ2v) is 7.00. The van der Waals surface area contributed by atoms with Crippen molar-refractivity contribution in [3.05, 3.63) is 66.4 Å². The number of rotatable bonds is 4. The van der Waals surface area contributed by atoms with Crippen LogP contribution in [0.3, 0.4) is 0 Å². The summed E-state index contributed by atoms with van der Waals surface area (Å²) < 4.78 is 11.2. The van der Waals surface area contributed by atoms with Gasteiger partial charge in [0.25, 0.3) is 5.91 Å². The Hall–Kier alpha value is -3.28. The van der Waals surface area contributed by atoms with Crippen LogP contribution in [0.1, 0.15) is 36.2 Å². The van der Waals surface area contributed by atoms with Crippen LogP contribution in [0.4, 0.5) is 10.5 Å². The Morgan fingerprint density at radius 1 is 1.00 bits per heavy atom. The fourth-order valence-corrected chi connectivity index (χ4v) is 3.55. The van der Waals surface area contributed by atoms with Crippen LogP contribution in [0.25, 0.3) is 11.0 Å². The van der Waals surface area contributed by atoms with E-state index in [9.17, 15) is 9.59 Å². The van der Waals surface area contributed by atoms with E-state index in [1.54, 1.807) is 18.2 Å². The molecule has 2 unspecified atom stereocenters. The summed E-state index contributed by atoms with van der Waals surface area (Å²) in [4.78, 5) is 24.6. The maximum Gasteiger partial charge on any atom is 0.411 e. The number of para-hydroxylation sites is 2. The number of carbonyl (C=O) groups is 2. The molecule has 0 aliphatic heterocycles. The second kappa shape index (κ2) is 8.17. The maximum absolute atomic E-state index is 12.5. The van der Waals surface area contributed by atoms with Crippen LogP contribution in [-0.2, 0) is 4.74 Å². The molecule has 1 aromatic heterocycles. The van der Waals surface area contributed by atoms with Gasteiger partial charge in [-0.05, 0) is 43.5 Å². The molecular weight excluding hydrogens is 356 g/mol. The topological polar surface area (TPSA) is 80.6 Å². The van der Waals surface area contributed by atoms with Crippen LogP contribution in [0.15, 0.2) is 65.1 Å². The molecule has 2 N–H and O–H groups in total. The Morgan fingerprint density at radius 2 is 1.79 bits per heavy atom. The largest absolute Gasteiger partial charge is 0.451 e. The Kier molecular flexibility index (Phi) is 5.28. The molecule has 28 heavy (non-hydrogen) atoms. The van der Waals surface area contributed by atoms with Crippen molar-refractivity contribution < 1.29 is 18.7 Å². The van der Waals surface area contributed by atoms with Gasteiger partial charge in [-0.15, -0.1) is 0 Å². The molecule has 3 aromatic rings. The van der Waals surface area contributed by atoms with E-state index < -0.39 is 6.09 Å². The van der Waals surface area contributed by atoms with Gasteiger partial charge in [-0.2, -0.15) is 0 Å². The van der Waals surface area contributed by atoms with E-state index >= 15 is 0 Å². The third kappa shape index (κ3) is 4.34. The van der Waals surface area contributed by atoms with Crippen molar-refractivity contribution in [2.75, 3.05) is 5.32 Å². The molecule has 144 valence electrons. The molecule has 0 radical (unpaired) electrons. The van der Waals surface area contributed by atoms with Crippen LogP contribution >= 0.6 is 0 Å². The molecule has 1 aliphatic rings. The summed E-state index contributed by atoms with van der Waals surface area (Å²) in [5.74, 6) is 0.0571. The number of amides is 2. The van der Waals surface area contributed by atoms with E-state index in [2.05, 4.69) is 10.6 Å². The zero-order chi connectivity index (χ0) is 19.3. The minimum atomic E-state index is -0.472. The second-order valence-electron chi connectivity index (χ2n) is 7.00. The number of fused-ring (bicyclic) bond motifs is 1. The number of nitrogens with one attached hydrogen (secondary N) is 2. The van der Waals surface area contributed by atoms with Crippen molar-refractivity contribution in [1.82, 2.24) is 5.32 Å². The fraction of sp³-hybridized carbons (Fsp3) is 0.273. The lowest BCUT2D eigenvalue weighted by atomic mass is 9.93. The molecule has 6 heteroatoms. The number of furan rings is 1. The highest BCUT2D eigenvalue weighted by atomic mass is 16.6. The molecule has 1 saturated carbocycles. The first kappa shape index (κ1) is 18.1. The molecule has 4 rings (SSSR count). The first-order chi connectivity index (χ1) is 13.7. The van der Waals surface area contributed by atoms with Gasteiger partial charge in [0.2, 0.25) is 0 Å². The Labute approximate surface area is 162 Å². The lowest BCUT2D eigenvalue weighted by Gasteiger charge is -2.29. The number of hydrogen-bond donors (Lipinski definition) is 2. The molecule has 1 fully saturated rings. The zero-order valence-electron chi connectivity index (χ0n) is 15.4. The number of anilines is 1. The van der Waals surface area contributed by atoms with Crippen molar-refractivity contribution in [2.45, 2.75) is 37.8 Å². The molecular formula is C22H22N2O4. The van der Waals surface area contributed by atoms with E-state index in [-0.39, 0.29) is 18.1 Å². The Balaban J connectivity index is 1.32. The van der Waals surface area contributed by atoms with E-state index in [1.807, 2.05) is 42.5 Å². The van der Waals surface area contributed by atoms with Gasteiger partial charge in [-0.1, -0.05) is 36.4 Å². The van der Waals surface area contributed by atoms with Gasteiger partial charge in [0.05, 0.1) is 0 Å². The lowest BCUT2D eigenvalue weighted by molar-refractivity contribution is 0.0703. The number of carbonyl (C=O) groups excluding carboxylic acids is 2. The summed E-state index contributed by atoms with van der Waals surface area (Å²) in [7, 11) is 0. The van der Waals surface area contributed by atoms with E-state index in [0.717, 1.165) is 24.6 Å². The summed E-state index contributed by atoms with van der Waals surface area (Å²) in [6.07, 6.45) is 2.42. The van der Waals surface area contributed by atoms with Gasteiger partial charge in [-0.3, -0.25) is 10.1 Å². The van der Waals surface area contributed by atoms with Gasteiger partial charge >= 0.3 is 6.09 Å². The van der Waals surface area contributed by atoms with Gasteiger partial charge < -0.3 is 14.5 Å². The fourth-order valence-electron chi connectivity index (χ4n) is 3.55. The molecule has 0 saturated heterocycles. The number of ether oxygens (including phenoxy) is 1. The monoisotopic (exact) mass is 378 g/mol. The van der Waals surface area contributed by atoms with Crippen molar-refractivity contribution in [3.8, 4) is 0 Å². The third-order valence-electron chi connectivity index (χ3n) is 4.90. The standard InChI is InChI=1S/C22H22N2O4/c25-21(20-13-15-7-4-5-12-19(15)28-20)23-17-10-6-11-18(14-17)27-22(26)24-16-8-2-1-3-9-16/h1-5,7-9,12-13,17-18H,6,10-11,14H2,(H,23,25)(H,24,26). The minimum Gasteiger partial charge on any atom is -0.451 e. The van der Waals surface area contributed by atoms with Gasteiger partial charge in [-0.25, -0.2) is 4.79 Å². The Morgan fingerprint density at radius 3 is 2.61 bits per heavy atom. The zero-order valence-corrected chi connectivity index (χ0v) is 15.4. The molecule has 6 nitrogen and oxygen atoms in total. The molecule has 0 spiro atoms. The first-order valence-corrected chi connectivity index (χ1v) is 9.49. The van der Waals surface area contributed by atoms with Crippen molar-refractivity contribution in [1.29, 1.82) is 0 Å². The SMILES string of the molecule is O=C(Nc1ccccc1)OC1CCCC(NC(=O)c2cc3ccccc3o2)C1. The number of hydrogen-bond acceptors (Lipinski definition) is 4. The summed E-state index contributed by atoms with van der Waals surface area (Å²) >= 11 is 0. The molecule has 2 aromatic carbocycles. The predicted octanol–water partition coefficient (Wildman–Crippen LogP) is 4.72. The summed E-state index contributed by atoms with van der Waals surface area (Å²) in [6, 6.07) is 18.4. The summed E-state index contributed by atoms with van der Waals surface area (Å²) in [6.45, 7) is 0. The average molecular weight is 378 g/mol.